The van der Waals surface area contributed by atoms with E-state index in [-0.39, 0.29) is 17.9 Å². The average Bonchev–Trinajstić information content (AvgIpc) is 2.61. The van der Waals surface area contributed by atoms with Gasteiger partial charge in [-0.1, -0.05) is 49.0 Å². The number of likely N-dealkylation sites (tertiary alicyclic amines) is 1. The largest absolute Gasteiger partial charge is 0.342 e. The fraction of sp³-hybridized carbons (Fsp3) is 0.421. The zero-order valence-corrected chi connectivity index (χ0v) is 15.2. The van der Waals surface area contributed by atoms with Crippen LogP contribution in [0.5, 0.6) is 0 Å². The van der Waals surface area contributed by atoms with Gasteiger partial charge in [0.1, 0.15) is 0 Å². The van der Waals surface area contributed by atoms with Crippen molar-refractivity contribution in [3.63, 3.8) is 0 Å². The molecule has 6 heteroatoms. The first kappa shape index (κ1) is 17.7. The van der Waals surface area contributed by atoms with Gasteiger partial charge in [0, 0.05) is 24.9 Å². The van der Waals surface area contributed by atoms with Crippen molar-refractivity contribution in [3.8, 4) is 0 Å². The Morgan fingerprint density at radius 3 is 2.72 bits per heavy atom. The van der Waals surface area contributed by atoms with Crippen LogP contribution in [0.2, 0.25) is 0 Å². The maximum atomic E-state index is 12.4. The maximum absolute atomic E-state index is 12.4. The van der Waals surface area contributed by atoms with Gasteiger partial charge >= 0.3 is 0 Å². The summed E-state index contributed by atoms with van der Waals surface area (Å²) in [6.07, 6.45) is 2.29. The fourth-order valence-electron chi connectivity index (χ4n) is 2.89. The Morgan fingerprint density at radius 2 is 2.00 bits per heavy atom. The van der Waals surface area contributed by atoms with Crippen molar-refractivity contribution in [2.45, 2.75) is 37.1 Å². The van der Waals surface area contributed by atoms with Crippen molar-refractivity contribution < 1.29 is 4.79 Å². The number of amides is 1. The molecule has 1 aromatic carbocycles. The van der Waals surface area contributed by atoms with E-state index in [1.807, 2.05) is 35.2 Å². The van der Waals surface area contributed by atoms with Crippen molar-refractivity contribution >= 4 is 17.7 Å². The third kappa shape index (κ3) is 5.19. The van der Waals surface area contributed by atoms with Gasteiger partial charge in [-0.2, -0.15) is 0 Å². The minimum atomic E-state index is -0.208. The number of hydrogen-bond donors (Lipinski definition) is 1. The number of aromatic nitrogens is 2. The first-order chi connectivity index (χ1) is 12.1. The molecule has 0 saturated carbocycles. The first-order valence-corrected chi connectivity index (χ1v) is 9.63. The van der Waals surface area contributed by atoms with Gasteiger partial charge in [-0.3, -0.25) is 9.59 Å². The lowest BCUT2D eigenvalue weighted by atomic mass is 9.99. The van der Waals surface area contributed by atoms with E-state index in [1.54, 1.807) is 0 Å². The Morgan fingerprint density at radius 1 is 1.28 bits per heavy atom. The van der Waals surface area contributed by atoms with E-state index in [0.717, 1.165) is 31.7 Å². The summed E-state index contributed by atoms with van der Waals surface area (Å²) in [4.78, 5) is 33.4. The van der Waals surface area contributed by atoms with Crippen molar-refractivity contribution in [2.24, 2.45) is 5.92 Å². The topological polar surface area (TPSA) is 66.1 Å². The Kier molecular flexibility index (Phi) is 5.91. The fourth-order valence-corrected chi connectivity index (χ4v) is 3.74. The molecule has 1 fully saturated rings. The van der Waals surface area contributed by atoms with E-state index in [0.29, 0.717) is 16.8 Å². The van der Waals surface area contributed by atoms with E-state index in [9.17, 15) is 9.59 Å². The number of rotatable bonds is 5. The summed E-state index contributed by atoms with van der Waals surface area (Å²) in [7, 11) is 0. The molecule has 132 valence electrons. The van der Waals surface area contributed by atoms with Gasteiger partial charge in [-0.05, 0) is 24.3 Å². The van der Waals surface area contributed by atoms with Gasteiger partial charge < -0.3 is 9.88 Å². The predicted octanol–water partition coefficient (Wildman–Crippen LogP) is 2.86. The highest BCUT2D eigenvalue weighted by atomic mass is 32.2. The molecule has 1 aromatic heterocycles. The Balaban J connectivity index is 1.63. The van der Waals surface area contributed by atoms with Crippen LogP contribution in [0.15, 0.2) is 46.3 Å². The highest BCUT2D eigenvalue weighted by Crippen LogP contribution is 2.19. The van der Waals surface area contributed by atoms with Crippen LogP contribution in [0.25, 0.3) is 0 Å². The number of nitrogens with one attached hydrogen (secondary N) is 1. The van der Waals surface area contributed by atoms with Crippen LogP contribution in [0.3, 0.4) is 0 Å². The lowest BCUT2D eigenvalue weighted by Crippen LogP contribution is -2.39. The van der Waals surface area contributed by atoms with Crippen LogP contribution in [0.4, 0.5) is 0 Å². The maximum Gasteiger partial charge on any atom is 0.251 e. The van der Waals surface area contributed by atoms with Gasteiger partial charge in [0.2, 0.25) is 5.91 Å². The van der Waals surface area contributed by atoms with Crippen LogP contribution >= 0.6 is 11.8 Å². The molecule has 1 saturated heterocycles. The van der Waals surface area contributed by atoms with E-state index in [1.165, 1.54) is 23.4 Å². The quantitative estimate of drug-likeness (QED) is 0.660. The zero-order chi connectivity index (χ0) is 17.6. The molecule has 5 nitrogen and oxygen atoms in total. The lowest BCUT2D eigenvalue weighted by Gasteiger charge is -2.30. The highest BCUT2D eigenvalue weighted by molar-refractivity contribution is 7.98. The van der Waals surface area contributed by atoms with Gasteiger partial charge in [0.15, 0.2) is 5.16 Å². The number of nitrogens with zero attached hydrogens (tertiary/aromatic N) is 2. The standard InChI is InChI=1S/C19H23N3O2S/c1-14-7-9-22(10-8-14)18(24)12-16-11-17(23)21-19(20-16)25-13-15-5-3-2-4-6-15/h2-6,11,14H,7-10,12-13H2,1H3,(H,20,21,23). The van der Waals surface area contributed by atoms with Gasteiger partial charge in [0.05, 0.1) is 12.1 Å². The molecule has 0 aliphatic carbocycles. The van der Waals surface area contributed by atoms with E-state index < -0.39 is 0 Å². The molecule has 0 unspecified atom stereocenters. The molecule has 2 heterocycles. The number of thioether (sulfide) groups is 1. The molecule has 1 N–H and O–H groups in total. The van der Waals surface area contributed by atoms with Crippen LogP contribution in [-0.2, 0) is 17.0 Å². The Hall–Kier alpha value is -2.08. The summed E-state index contributed by atoms with van der Waals surface area (Å²) in [5.41, 5.74) is 1.50. The smallest absolute Gasteiger partial charge is 0.251 e. The van der Waals surface area contributed by atoms with Crippen molar-refractivity contribution in [2.75, 3.05) is 13.1 Å². The van der Waals surface area contributed by atoms with Gasteiger partial charge in [-0.15, -0.1) is 0 Å². The summed E-state index contributed by atoms with van der Waals surface area (Å²) < 4.78 is 0. The molecule has 2 aromatic rings. The third-order valence-corrected chi connectivity index (χ3v) is 5.40. The monoisotopic (exact) mass is 357 g/mol. The van der Waals surface area contributed by atoms with Gasteiger partial charge in [0.25, 0.3) is 5.56 Å². The summed E-state index contributed by atoms with van der Waals surface area (Å²) in [6.45, 7) is 3.83. The third-order valence-electron chi connectivity index (χ3n) is 4.46. The molecule has 3 rings (SSSR count). The van der Waals surface area contributed by atoms with E-state index in [2.05, 4.69) is 16.9 Å². The highest BCUT2D eigenvalue weighted by Gasteiger charge is 2.21. The lowest BCUT2D eigenvalue weighted by molar-refractivity contribution is -0.131. The molecule has 0 atom stereocenters. The second kappa shape index (κ2) is 8.34. The number of aromatic amines is 1. The van der Waals surface area contributed by atoms with E-state index >= 15 is 0 Å². The molecule has 1 aliphatic rings. The second-order valence-electron chi connectivity index (χ2n) is 6.56. The Bertz CT molecular complexity index is 768. The van der Waals surface area contributed by atoms with Crippen molar-refractivity contribution in [3.05, 3.63) is 58.0 Å². The molecule has 1 aliphatic heterocycles. The molecular formula is C19H23N3O2S. The number of H-pyrrole nitrogens is 1. The van der Waals surface area contributed by atoms with E-state index in [4.69, 9.17) is 0 Å². The Labute approximate surface area is 151 Å². The van der Waals surface area contributed by atoms with Crippen LogP contribution in [0, 0.1) is 5.92 Å². The first-order valence-electron chi connectivity index (χ1n) is 8.65. The minimum Gasteiger partial charge on any atom is -0.342 e. The average molecular weight is 357 g/mol. The number of piperidine rings is 1. The van der Waals surface area contributed by atoms with Crippen molar-refractivity contribution in [1.29, 1.82) is 0 Å². The molecular weight excluding hydrogens is 334 g/mol. The SMILES string of the molecule is CC1CCN(C(=O)Cc2cc(=O)[nH]c(SCc3ccccc3)n2)CC1. The summed E-state index contributed by atoms with van der Waals surface area (Å²) >= 11 is 1.47. The molecule has 0 spiro atoms. The zero-order valence-electron chi connectivity index (χ0n) is 14.4. The van der Waals surface area contributed by atoms with Crippen LogP contribution < -0.4 is 5.56 Å². The van der Waals surface area contributed by atoms with Gasteiger partial charge in [-0.25, -0.2) is 4.98 Å². The summed E-state index contributed by atoms with van der Waals surface area (Å²) in [5.74, 6) is 1.47. The molecule has 0 radical (unpaired) electrons. The van der Waals surface area contributed by atoms with Crippen molar-refractivity contribution in [1.82, 2.24) is 14.9 Å². The molecule has 1 amide bonds. The molecule has 0 bridgehead atoms. The normalized spacial score (nSPS) is 15.3. The summed E-state index contributed by atoms with van der Waals surface area (Å²) in [6, 6.07) is 11.5. The molecule has 25 heavy (non-hydrogen) atoms. The van der Waals surface area contributed by atoms with Crippen LogP contribution in [-0.4, -0.2) is 33.9 Å². The van der Waals surface area contributed by atoms with Crippen LogP contribution in [0.1, 0.15) is 31.0 Å². The number of benzene rings is 1. The minimum absolute atomic E-state index is 0.0593. The predicted molar refractivity (Wildman–Crippen MR) is 99.5 cm³/mol. The number of carbonyl (C=O) groups excluding carboxylic acids is 1. The number of hydrogen-bond acceptors (Lipinski definition) is 4. The number of carbonyl (C=O) groups is 1. The summed E-state index contributed by atoms with van der Waals surface area (Å²) in [5, 5.41) is 0.561. The second-order valence-corrected chi connectivity index (χ2v) is 7.52.